The molecule has 0 bridgehead atoms. The molecule has 3 rings (SSSR count). The zero-order chi connectivity index (χ0) is 14.8. The van der Waals surface area contributed by atoms with Crippen LogP contribution in [-0.2, 0) is 6.42 Å². The first-order chi connectivity index (χ1) is 10.2. The minimum absolute atomic E-state index is 0.484. The summed E-state index contributed by atoms with van der Waals surface area (Å²) in [6, 6.07) is 8.98. The van der Waals surface area contributed by atoms with Crippen molar-refractivity contribution >= 4 is 16.6 Å². The number of hydrogen-bond acceptors (Lipinski definition) is 2. The molecule has 2 nitrogen and oxygen atoms in total. The molecule has 0 atom stereocenters. The first-order valence-electron chi connectivity index (χ1n) is 8.38. The molecule has 0 N–H and O–H groups in total. The van der Waals surface area contributed by atoms with Gasteiger partial charge in [0.2, 0.25) is 0 Å². The number of anilines is 1. The topological polar surface area (TPSA) is 16.1 Å². The van der Waals surface area contributed by atoms with Gasteiger partial charge < -0.3 is 4.90 Å². The van der Waals surface area contributed by atoms with E-state index in [4.69, 9.17) is 4.98 Å². The van der Waals surface area contributed by atoms with Crippen molar-refractivity contribution < 1.29 is 0 Å². The van der Waals surface area contributed by atoms with Crippen molar-refractivity contribution in [1.82, 2.24) is 4.98 Å². The number of aromatic nitrogens is 1. The van der Waals surface area contributed by atoms with Crippen LogP contribution in [0.5, 0.6) is 0 Å². The predicted octanol–water partition coefficient (Wildman–Crippen LogP) is 4.91. The van der Waals surface area contributed by atoms with Crippen molar-refractivity contribution in [2.24, 2.45) is 0 Å². The van der Waals surface area contributed by atoms with Crippen LogP contribution in [0, 0.1) is 0 Å². The summed E-state index contributed by atoms with van der Waals surface area (Å²) in [4.78, 5) is 7.58. The monoisotopic (exact) mass is 282 g/mol. The van der Waals surface area contributed by atoms with E-state index in [1.54, 1.807) is 0 Å². The molecule has 0 fully saturated rings. The summed E-state index contributed by atoms with van der Waals surface area (Å²) in [5.74, 6) is 0.484. The third-order valence-corrected chi connectivity index (χ3v) is 4.50. The number of fused-ring (bicyclic) bond motifs is 3. The van der Waals surface area contributed by atoms with E-state index in [1.165, 1.54) is 60.1 Å². The van der Waals surface area contributed by atoms with Gasteiger partial charge in [-0.15, -0.1) is 0 Å². The predicted molar refractivity (Wildman–Crippen MR) is 91.3 cm³/mol. The Morgan fingerprint density at radius 3 is 2.76 bits per heavy atom. The molecule has 0 saturated carbocycles. The molecule has 1 aromatic carbocycles. The first kappa shape index (κ1) is 14.4. The number of nitrogens with zero attached hydrogens (tertiary/aromatic N) is 2. The largest absolute Gasteiger partial charge is 0.370 e. The standard InChI is InChI=1S/C19H26N2/c1-4-5-12-21-13-6-7-16-9-8-15-10-11-17(14(2)3)20-18(15)19(16)21/h8-11,14H,4-7,12-13H2,1-3H3. The van der Waals surface area contributed by atoms with Crippen molar-refractivity contribution in [2.45, 2.75) is 52.4 Å². The van der Waals surface area contributed by atoms with E-state index in [-0.39, 0.29) is 0 Å². The second-order valence-corrected chi connectivity index (χ2v) is 6.48. The van der Waals surface area contributed by atoms with Crippen molar-refractivity contribution in [3.8, 4) is 0 Å². The molecule has 0 radical (unpaired) electrons. The Kier molecular flexibility index (Phi) is 4.14. The number of hydrogen-bond donors (Lipinski definition) is 0. The summed E-state index contributed by atoms with van der Waals surface area (Å²) in [5, 5.41) is 1.28. The fourth-order valence-corrected chi connectivity index (χ4v) is 3.25. The molecule has 1 aliphatic heterocycles. The van der Waals surface area contributed by atoms with Crippen LogP contribution >= 0.6 is 0 Å². The van der Waals surface area contributed by atoms with Crippen LogP contribution in [0.2, 0.25) is 0 Å². The van der Waals surface area contributed by atoms with Crippen LogP contribution in [0.3, 0.4) is 0 Å². The third-order valence-electron chi connectivity index (χ3n) is 4.50. The normalized spacial score (nSPS) is 14.8. The SMILES string of the molecule is CCCCN1CCCc2ccc3ccc(C(C)C)nc3c21. The van der Waals surface area contributed by atoms with Crippen molar-refractivity contribution in [2.75, 3.05) is 18.0 Å². The fourth-order valence-electron chi connectivity index (χ4n) is 3.25. The Morgan fingerprint density at radius 2 is 2.00 bits per heavy atom. The highest BCUT2D eigenvalue weighted by Crippen LogP contribution is 2.34. The van der Waals surface area contributed by atoms with Gasteiger partial charge in [-0.1, -0.05) is 45.4 Å². The van der Waals surface area contributed by atoms with E-state index >= 15 is 0 Å². The maximum Gasteiger partial charge on any atom is 0.0941 e. The van der Waals surface area contributed by atoms with Gasteiger partial charge in [-0.25, -0.2) is 0 Å². The summed E-state index contributed by atoms with van der Waals surface area (Å²) in [6.07, 6.45) is 4.98. The summed E-state index contributed by atoms with van der Waals surface area (Å²) in [5.41, 5.74) is 5.32. The summed E-state index contributed by atoms with van der Waals surface area (Å²) in [6.45, 7) is 9.05. The lowest BCUT2D eigenvalue weighted by Gasteiger charge is -2.32. The van der Waals surface area contributed by atoms with E-state index in [9.17, 15) is 0 Å². The number of unbranched alkanes of at least 4 members (excludes halogenated alkanes) is 1. The number of aryl methyl sites for hydroxylation is 1. The van der Waals surface area contributed by atoms with Gasteiger partial charge in [-0.2, -0.15) is 0 Å². The zero-order valence-electron chi connectivity index (χ0n) is 13.5. The molecule has 0 spiro atoms. The third kappa shape index (κ3) is 2.76. The number of benzene rings is 1. The summed E-state index contributed by atoms with van der Waals surface area (Å²) < 4.78 is 0. The molecule has 21 heavy (non-hydrogen) atoms. The zero-order valence-corrected chi connectivity index (χ0v) is 13.5. The summed E-state index contributed by atoms with van der Waals surface area (Å²) >= 11 is 0. The average Bonchev–Trinajstić information content (AvgIpc) is 2.51. The Morgan fingerprint density at radius 1 is 1.19 bits per heavy atom. The van der Waals surface area contributed by atoms with Gasteiger partial charge in [-0.05, 0) is 36.8 Å². The lowest BCUT2D eigenvalue weighted by Crippen LogP contribution is -2.30. The highest BCUT2D eigenvalue weighted by molar-refractivity contribution is 5.93. The number of pyridine rings is 1. The molecule has 0 saturated heterocycles. The van der Waals surface area contributed by atoms with Gasteiger partial charge in [0.1, 0.15) is 0 Å². The molecule has 0 amide bonds. The van der Waals surface area contributed by atoms with Crippen LogP contribution in [0.25, 0.3) is 10.9 Å². The molecular weight excluding hydrogens is 256 g/mol. The number of rotatable bonds is 4. The quantitative estimate of drug-likeness (QED) is 0.792. The van der Waals surface area contributed by atoms with Gasteiger partial charge in [0.15, 0.2) is 0 Å². The Labute approximate surface area is 128 Å². The average molecular weight is 282 g/mol. The van der Waals surface area contributed by atoms with Gasteiger partial charge in [0.25, 0.3) is 0 Å². The molecule has 0 aliphatic carbocycles. The van der Waals surface area contributed by atoms with Gasteiger partial charge in [-0.3, -0.25) is 4.98 Å². The van der Waals surface area contributed by atoms with Crippen molar-refractivity contribution in [3.63, 3.8) is 0 Å². The maximum absolute atomic E-state index is 5.00. The van der Waals surface area contributed by atoms with Gasteiger partial charge in [0.05, 0.1) is 11.2 Å². The Hall–Kier alpha value is -1.57. The van der Waals surface area contributed by atoms with E-state index < -0.39 is 0 Å². The van der Waals surface area contributed by atoms with Gasteiger partial charge >= 0.3 is 0 Å². The first-order valence-corrected chi connectivity index (χ1v) is 8.38. The Bertz CT molecular complexity index is 631. The smallest absolute Gasteiger partial charge is 0.0941 e. The lowest BCUT2D eigenvalue weighted by atomic mass is 9.97. The van der Waals surface area contributed by atoms with Crippen LogP contribution in [-0.4, -0.2) is 18.1 Å². The molecular formula is C19H26N2. The molecule has 0 unspecified atom stereocenters. The molecule has 1 aromatic heterocycles. The summed E-state index contributed by atoms with van der Waals surface area (Å²) in [7, 11) is 0. The molecule has 2 heteroatoms. The van der Waals surface area contributed by atoms with E-state index in [0.29, 0.717) is 5.92 Å². The van der Waals surface area contributed by atoms with Crippen molar-refractivity contribution in [3.05, 3.63) is 35.5 Å². The molecule has 112 valence electrons. The highest BCUT2D eigenvalue weighted by atomic mass is 15.1. The highest BCUT2D eigenvalue weighted by Gasteiger charge is 2.20. The molecule has 1 aliphatic rings. The van der Waals surface area contributed by atoms with E-state index in [0.717, 1.165) is 6.54 Å². The van der Waals surface area contributed by atoms with E-state index in [2.05, 4.69) is 49.9 Å². The Balaban J connectivity index is 2.13. The lowest BCUT2D eigenvalue weighted by molar-refractivity contribution is 0.660. The second-order valence-electron chi connectivity index (χ2n) is 6.48. The second kappa shape index (κ2) is 6.05. The minimum Gasteiger partial charge on any atom is -0.370 e. The van der Waals surface area contributed by atoms with Crippen LogP contribution in [0.4, 0.5) is 5.69 Å². The maximum atomic E-state index is 5.00. The fraction of sp³-hybridized carbons (Fsp3) is 0.526. The minimum atomic E-state index is 0.484. The van der Waals surface area contributed by atoms with E-state index in [1.807, 2.05) is 0 Å². The van der Waals surface area contributed by atoms with Crippen LogP contribution in [0.15, 0.2) is 24.3 Å². The van der Waals surface area contributed by atoms with Crippen LogP contribution in [0.1, 0.15) is 57.2 Å². The molecule has 2 aromatic rings. The van der Waals surface area contributed by atoms with Gasteiger partial charge in [0, 0.05) is 24.2 Å². The molecule has 2 heterocycles. The van der Waals surface area contributed by atoms with Crippen molar-refractivity contribution in [1.29, 1.82) is 0 Å². The van der Waals surface area contributed by atoms with Crippen LogP contribution < -0.4 is 4.90 Å².